The normalized spacial score (nSPS) is 11.8. The van der Waals surface area contributed by atoms with E-state index in [0.29, 0.717) is 12.3 Å². The predicted molar refractivity (Wildman–Crippen MR) is 83.6 cm³/mol. The van der Waals surface area contributed by atoms with Crippen molar-refractivity contribution in [2.75, 3.05) is 5.32 Å². The Kier molecular flexibility index (Phi) is 5.36. The van der Waals surface area contributed by atoms with Crippen molar-refractivity contribution in [2.24, 2.45) is 5.92 Å². The summed E-state index contributed by atoms with van der Waals surface area (Å²) >= 11 is 0. The van der Waals surface area contributed by atoms with Crippen LogP contribution in [0, 0.1) is 5.92 Å². The van der Waals surface area contributed by atoms with Gasteiger partial charge in [-0.2, -0.15) is 0 Å². The van der Waals surface area contributed by atoms with Crippen LogP contribution in [0.15, 0.2) is 60.7 Å². The minimum Gasteiger partial charge on any atom is -0.326 e. The number of amides is 1. The van der Waals surface area contributed by atoms with E-state index >= 15 is 0 Å². The number of carbonyl (C=O) groups is 1. The zero-order chi connectivity index (χ0) is 14.2. The molecular weight excluding hydrogens is 246 g/mol. The molecule has 104 valence electrons. The van der Waals surface area contributed by atoms with Crippen LogP contribution < -0.4 is 5.32 Å². The molecule has 0 fully saturated rings. The zero-order valence-corrected chi connectivity index (χ0v) is 11.9. The first kappa shape index (κ1) is 14.3. The fourth-order valence-electron chi connectivity index (χ4n) is 2.21. The first-order valence-electron chi connectivity index (χ1n) is 7.13. The fraction of sp³-hybridized carbons (Fsp3) is 0.278. The minimum absolute atomic E-state index is 0.0942. The molecule has 0 saturated heterocycles. The van der Waals surface area contributed by atoms with Gasteiger partial charge >= 0.3 is 0 Å². The van der Waals surface area contributed by atoms with Crippen molar-refractivity contribution in [1.82, 2.24) is 0 Å². The Labute approximate surface area is 120 Å². The van der Waals surface area contributed by atoms with Crippen LogP contribution in [-0.2, 0) is 11.2 Å². The molecule has 0 bridgehead atoms. The summed E-state index contributed by atoms with van der Waals surface area (Å²) in [5.74, 6) is 0.482. The van der Waals surface area contributed by atoms with Crippen LogP contribution in [0.2, 0.25) is 0 Å². The number of aryl methyl sites for hydroxylation is 1. The smallest absolute Gasteiger partial charge is 0.224 e. The highest BCUT2D eigenvalue weighted by atomic mass is 16.1. The lowest BCUT2D eigenvalue weighted by Crippen LogP contribution is -2.15. The van der Waals surface area contributed by atoms with E-state index in [-0.39, 0.29) is 5.91 Å². The predicted octanol–water partition coefficient (Wildman–Crippen LogP) is 4.28. The molecule has 1 N–H and O–H groups in total. The van der Waals surface area contributed by atoms with Gasteiger partial charge < -0.3 is 5.32 Å². The van der Waals surface area contributed by atoms with Crippen LogP contribution >= 0.6 is 0 Å². The molecule has 2 aromatic carbocycles. The first-order valence-corrected chi connectivity index (χ1v) is 7.13. The second-order valence-corrected chi connectivity index (χ2v) is 5.25. The van der Waals surface area contributed by atoms with Gasteiger partial charge in [-0.15, -0.1) is 0 Å². The summed E-state index contributed by atoms with van der Waals surface area (Å²) in [5.41, 5.74) is 2.20. The zero-order valence-electron chi connectivity index (χ0n) is 11.9. The lowest BCUT2D eigenvalue weighted by Gasteiger charge is -2.11. The van der Waals surface area contributed by atoms with Gasteiger partial charge in [0.2, 0.25) is 5.91 Å². The highest BCUT2D eigenvalue weighted by Crippen LogP contribution is 2.14. The Hall–Kier alpha value is -2.09. The molecule has 0 aliphatic rings. The van der Waals surface area contributed by atoms with Gasteiger partial charge in [0.25, 0.3) is 0 Å². The summed E-state index contributed by atoms with van der Waals surface area (Å²) in [7, 11) is 0. The van der Waals surface area contributed by atoms with Crippen molar-refractivity contribution in [2.45, 2.75) is 26.2 Å². The standard InChI is InChI=1S/C18H21NO/c1-15(12-13-16-8-4-2-5-9-16)14-18(20)19-17-10-6-3-7-11-17/h2-11,15H,12-14H2,1H3,(H,19,20). The summed E-state index contributed by atoms with van der Waals surface area (Å²) < 4.78 is 0. The second kappa shape index (κ2) is 7.49. The molecule has 0 spiro atoms. The number of anilines is 1. The van der Waals surface area contributed by atoms with Gasteiger partial charge in [-0.3, -0.25) is 4.79 Å². The van der Waals surface area contributed by atoms with E-state index in [2.05, 4.69) is 36.5 Å². The second-order valence-electron chi connectivity index (χ2n) is 5.25. The van der Waals surface area contributed by atoms with E-state index in [9.17, 15) is 4.79 Å². The molecule has 0 aromatic heterocycles. The molecule has 1 unspecified atom stereocenters. The van der Waals surface area contributed by atoms with Gasteiger partial charge in [-0.1, -0.05) is 55.5 Å². The van der Waals surface area contributed by atoms with Gasteiger partial charge in [0.05, 0.1) is 0 Å². The van der Waals surface area contributed by atoms with Gasteiger partial charge in [-0.05, 0) is 36.5 Å². The lowest BCUT2D eigenvalue weighted by molar-refractivity contribution is -0.117. The SMILES string of the molecule is CC(CCc1ccccc1)CC(=O)Nc1ccccc1. The Balaban J connectivity index is 1.74. The lowest BCUT2D eigenvalue weighted by atomic mass is 9.98. The third-order valence-electron chi connectivity index (χ3n) is 3.36. The third-order valence-corrected chi connectivity index (χ3v) is 3.36. The average molecular weight is 267 g/mol. The summed E-state index contributed by atoms with van der Waals surface area (Å²) in [5, 5.41) is 2.93. The van der Waals surface area contributed by atoms with Crippen molar-refractivity contribution in [3.63, 3.8) is 0 Å². The number of hydrogen-bond donors (Lipinski definition) is 1. The number of para-hydroxylation sites is 1. The molecule has 2 heteroatoms. The van der Waals surface area contributed by atoms with Crippen molar-refractivity contribution >= 4 is 11.6 Å². The number of carbonyl (C=O) groups excluding carboxylic acids is 1. The van der Waals surface area contributed by atoms with E-state index < -0.39 is 0 Å². The van der Waals surface area contributed by atoms with Gasteiger partial charge in [-0.25, -0.2) is 0 Å². The summed E-state index contributed by atoms with van der Waals surface area (Å²) in [6, 6.07) is 20.0. The van der Waals surface area contributed by atoms with Crippen LogP contribution in [-0.4, -0.2) is 5.91 Å². The maximum atomic E-state index is 11.9. The molecule has 2 nitrogen and oxygen atoms in total. The minimum atomic E-state index is 0.0942. The van der Waals surface area contributed by atoms with Crippen LogP contribution in [0.3, 0.4) is 0 Å². The molecule has 2 aromatic rings. The third kappa shape index (κ3) is 4.88. The number of nitrogens with one attached hydrogen (secondary N) is 1. The molecule has 1 atom stereocenters. The van der Waals surface area contributed by atoms with Crippen LogP contribution in [0.1, 0.15) is 25.3 Å². The molecule has 20 heavy (non-hydrogen) atoms. The van der Waals surface area contributed by atoms with Crippen LogP contribution in [0.5, 0.6) is 0 Å². The Morgan fingerprint density at radius 2 is 1.60 bits per heavy atom. The molecule has 1 amide bonds. The summed E-state index contributed by atoms with van der Waals surface area (Å²) in [6.45, 7) is 2.13. The highest BCUT2D eigenvalue weighted by Gasteiger charge is 2.09. The molecule has 0 radical (unpaired) electrons. The highest BCUT2D eigenvalue weighted by molar-refractivity contribution is 5.90. The quantitative estimate of drug-likeness (QED) is 0.831. The number of rotatable bonds is 6. The molecule has 0 aliphatic heterocycles. The van der Waals surface area contributed by atoms with Gasteiger partial charge in [0, 0.05) is 12.1 Å². The Morgan fingerprint density at radius 1 is 1.00 bits per heavy atom. The fourth-order valence-corrected chi connectivity index (χ4v) is 2.21. The van der Waals surface area contributed by atoms with Crippen molar-refractivity contribution in [1.29, 1.82) is 0 Å². The van der Waals surface area contributed by atoms with E-state index in [1.54, 1.807) is 0 Å². The first-order chi connectivity index (χ1) is 9.74. The number of hydrogen-bond acceptors (Lipinski definition) is 1. The average Bonchev–Trinajstić information content (AvgIpc) is 2.47. The largest absolute Gasteiger partial charge is 0.326 e. The summed E-state index contributed by atoms with van der Waals surface area (Å²) in [4.78, 5) is 11.9. The van der Waals surface area contributed by atoms with Crippen LogP contribution in [0.4, 0.5) is 5.69 Å². The summed E-state index contributed by atoms with van der Waals surface area (Å²) in [6.07, 6.45) is 2.63. The maximum Gasteiger partial charge on any atom is 0.224 e. The molecule has 0 heterocycles. The Bertz CT molecular complexity index is 522. The Morgan fingerprint density at radius 3 is 2.25 bits per heavy atom. The van der Waals surface area contributed by atoms with E-state index in [1.807, 2.05) is 36.4 Å². The van der Waals surface area contributed by atoms with E-state index in [0.717, 1.165) is 18.5 Å². The van der Waals surface area contributed by atoms with Crippen molar-refractivity contribution < 1.29 is 4.79 Å². The molecular formula is C18H21NO. The van der Waals surface area contributed by atoms with E-state index in [4.69, 9.17) is 0 Å². The molecule has 2 rings (SSSR count). The molecule has 0 aliphatic carbocycles. The maximum absolute atomic E-state index is 11.9. The van der Waals surface area contributed by atoms with Crippen molar-refractivity contribution in [3.05, 3.63) is 66.2 Å². The van der Waals surface area contributed by atoms with Crippen molar-refractivity contribution in [3.8, 4) is 0 Å². The molecule has 0 saturated carbocycles. The van der Waals surface area contributed by atoms with Gasteiger partial charge in [0.15, 0.2) is 0 Å². The topological polar surface area (TPSA) is 29.1 Å². The van der Waals surface area contributed by atoms with Crippen LogP contribution in [0.25, 0.3) is 0 Å². The van der Waals surface area contributed by atoms with E-state index in [1.165, 1.54) is 5.56 Å². The van der Waals surface area contributed by atoms with Gasteiger partial charge in [0.1, 0.15) is 0 Å². The monoisotopic (exact) mass is 267 g/mol. The number of benzene rings is 2.